The summed E-state index contributed by atoms with van der Waals surface area (Å²) >= 11 is 3.45. The number of aryl methyl sites for hydroxylation is 1. The fourth-order valence-corrected chi connectivity index (χ4v) is 6.11. The molecule has 49 heavy (non-hydrogen) atoms. The van der Waals surface area contributed by atoms with E-state index in [1.165, 1.54) is 65.3 Å². The van der Waals surface area contributed by atoms with E-state index in [0.29, 0.717) is 0 Å². The zero-order chi connectivity index (χ0) is 35.9. The second-order valence-corrected chi connectivity index (χ2v) is 16.7. The van der Waals surface area contributed by atoms with Gasteiger partial charge in [0.15, 0.2) is 0 Å². The molecule has 2 aromatic heterocycles. The molecule has 12 nitrogen and oxygen atoms in total. The smallest absolute Gasteiger partial charge is 0.399 e. The van der Waals surface area contributed by atoms with Crippen LogP contribution in [-0.2, 0) is 25.2 Å². The Morgan fingerprint density at radius 2 is 1.10 bits per heavy atom. The quantitative estimate of drug-likeness (QED) is 0.305. The third-order valence-corrected chi connectivity index (χ3v) is 11.4. The zero-order valence-electron chi connectivity index (χ0n) is 32.0. The van der Waals surface area contributed by atoms with E-state index in [1.807, 2.05) is 38.6 Å². The molecule has 6 heterocycles. The molecule has 0 bridgehead atoms. The summed E-state index contributed by atoms with van der Waals surface area (Å²) in [5, 5.41) is 12.2. The average molecular weight is 749 g/mol. The molecule has 0 atom stereocenters. The molecule has 4 aliphatic rings. The Labute approximate surface area is 305 Å². The highest BCUT2D eigenvalue weighted by Gasteiger charge is 2.53. The van der Waals surface area contributed by atoms with Gasteiger partial charge in [-0.3, -0.25) is 9.78 Å². The van der Waals surface area contributed by atoms with Gasteiger partial charge in [0.2, 0.25) is 0 Å². The minimum absolute atomic E-state index is 0.283. The zero-order valence-corrected chi connectivity index (χ0v) is 33.6. The lowest BCUT2D eigenvalue weighted by Crippen LogP contribution is -2.44. The maximum atomic E-state index is 6.08. The van der Waals surface area contributed by atoms with Crippen LogP contribution in [0.2, 0.25) is 0 Å². The van der Waals surface area contributed by atoms with Crippen LogP contribution in [0.25, 0.3) is 0 Å². The standard InChI is InChI=1S/C17H31BN4O2.C9H15BN2O2.C8H17BrN2/c1-16(2)17(3,4)24-18(23-16)15-13-19-22(14-15)8-6-7-21-11-9-20(5)10-12-21;1-8(2)9(3,4)14-10(13-8)7-5-11-12-6-7;1-10-5-7-11(8-6-10)4-2-3-9/h13-14H,6-12H2,1-5H3;5-6H,1-4H3,(H,11,12);2-8H2,1H3. The van der Waals surface area contributed by atoms with Crippen molar-refractivity contribution >= 4 is 41.1 Å². The summed E-state index contributed by atoms with van der Waals surface area (Å²) < 4.78 is 25.8. The molecule has 2 aromatic rings. The van der Waals surface area contributed by atoms with Gasteiger partial charge >= 0.3 is 14.2 Å². The number of alkyl halides is 1. The number of aromatic nitrogens is 4. The summed E-state index contributed by atoms with van der Waals surface area (Å²) in [6.45, 7) is 29.5. The first-order valence-electron chi connectivity index (χ1n) is 18.1. The molecular formula is C34H63B2BrN8O4. The second-order valence-electron chi connectivity index (χ2n) is 15.9. The largest absolute Gasteiger partial charge is 0.498 e. The first-order chi connectivity index (χ1) is 23.0. The van der Waals surface area contributed by atoms with E-state index >= 15 is 0 Å². The van der Waals surface area contributed by atoms with Crippen molar-refractivity contribution in [2.75, 3.05) is 84.9 Å². The minimum atomic E-state index is -0.318. The summed E-state index contributed by atoms with van der Waals surface area (Å²) in [5.41, 5.74) is 0.767. The summed E-state index contributed by atoms with van der Waals surface area (Å²) in [4.78, 5) is 9.87. The third-order valence-electron chi connectivity index (χ3n) is 10.9. The Hall–Kier alpha value is -1.29. The Kier molecular flexibility index (Phi) is 14.4. The number of hydrogen-bond donors (Lipinski definition) is 1. The maximum absolute atomic E-state index is 6.08. The molecule has 4 aliphatic heterocycles. The number of halogens is 1. The number of H-pyrrole nitrogens is 1. The van der Waals surface area contributed by atoms with E-state index < -0.39 is 0 Å². The molecular weight excluding hydrogens is 686 g/mol. The Bertz CT molecular complexity index is 1210. The van der Waals surface area contributed by atoms with Crippen LogP contribution < -0.4 is 10.9 Å². The summed E-state index contributed by atoms with van der Waals surface area (Å²) in [6.07, 6.45) is 9.85. The number of nitrogens with zero attached hydrogens (tertiary/aromatic N) is 7. The van der Waals surface area contributed by atoms with Crippen LogP contribution >= 0.6 is 15.9 Å². The Morgan fingerprint density at radius 1 is 0.653 bits per heavy atom. The van der Waals surface area contributed by atoms with Gasteiger partial charge in [-0.15, -0.1) is 0 Å². The van der Waals surface area contributed by atoms with Gasteiger partial charge in [0.25, 0.3) is 0 Å². The highest BCUT2D eigenvalue weighted by molar-refractivity contribution is 9.09. The van der Waals surface area contributed by atoms with Crippen molar-refractivity contribution in [2.24, 2.45) is 0 Å². The van der Waals surface area contributed by atoms with Gasteiger partial charge in [0.1, 0.15) is 0 Å². The van der Waals surface area contributed by atoms with E-state index in [4.69, 9.17) is 18.6 Å². The van der Waals surface area contributed by atoms with Crippen LogP contribution in [0.1, 0.15) is 68.2 Å². The predicted molar refractivity (Wildman–Crippen MR) is 203 cm³/mol. The van der Waals surface area contributed by atoms with Crippen LogP contribution in [0.15, 0.2) is 24.8 Å². The molecule has 0 unspecified atom stereocenters. The lowest BCUT2D eigenvalue weighted by Gasteiger charge is -2.32. The first kappa shape index (κ1) is 40.5. The molecule has 0 saturated carbocycles. The number of nitrogens with one attached hydrogen (secondary N) is 1. The van der Waals surface area contributed by atoms with Crippen LogP contribution in [-0.4, -0.2) is 161 Å². The van der Waals surface area contributed by atoms with Crippen molar-refractivity contribution in [1.29, 1.82) is 0 Å². The van der Waals surface area contributed by atoms with Gasteiger partial charge in [-0.05, 0) is 95.4 Å². The number of rotatable bonds is 9. The molecule has 276 valence electrons. The molecule has 0 amide bonds. The molecule has 4 fully saturated rings. The van der Waals surface area contributed by atoms with Gasteiger partial charge in [-0.25, -0.2) is 0 Å². The van der Waals surface area contributed by atoms with Crippen molar-refractivity contribution in [3.8, 4) is 0 Å². The highest BCUT2D eigenvalue weighted by Crippen LogP contribution is 2.37. The van der Waals surface area contributed by atoms with E-state index in [1.54, 1.807) is 12.4 Å². The third kappa shape index (κ3) is 11.3. The lowest BCUT2D eigenvalue weighted by atomic mass is 9.82. The molecule has 6 rings (SSSR count). The topological polar surface area (TPSA) is 96.4 Å². The van der Waals surface area contributed by atoms with E-state index in [9.17, 15) is 0 Å². The fraction of sp³-hybridized carbons (Fsp3) is 0.824. The van der Waals surface area contributed by atoms with Crippen LogP contribution in [0.4, 0.5) is 0 Å². The number of aromatic amines is 1. The highest BCUT2D eigenvalue weighted by atomic mass is 79.9. The summed E-state index contributed by atoms with van der Waals surface area (Å²) in [7, 11) is 3.76. The van der Waals surface area contributed by atoms with Crippen molar-refractivity contribution in [3.63, 3.8) is 0 Å². The fourth-order valence-electron chi connectivity index (χ4n) is 5.85. The van der Waals surface area contributed by atoms with Crippen molar-refractivity contribution in [2.45, 2.75) is 97.2 Å². The van der Waals surface area contributed by atoms with E-state index in [2.05, 4.69) is 98.8 Å². The molecule has 1 N–H and O–H groups in total. The van der Waals surface area contributed by atoms with Gasteiger partial charge in [0, 0.05) is 99.9 Å². The van der Waals surface area contributed by atoms with Gasteiger partial charge in [0.05, 0.1) is 22.4 Å². The Balaban J connectivity index is 0.000000183. The SMILES string of the molecule is CC1(C)OB(c2cn[nH]c2)OC1(C)C.CN1CCN(CCCBr)CC1.CN1CCN(CCCn2cc(B3OC(C)(C)C(C)(C)O3)cn2)CC1. The molecule has 0 aromatic carbocycles. The molecule has 15 heteroatoms. The molecule has 0 radical (unpaired) electrons. The predicted octanol–water partition coefficient (Wildman–Crippen LogP) is 2.55. The van der Waals surface area contributed by atoms with Crippen LogP contribution in [0.5, 0.6) is 0 Å². The minimum Gasteiger partial charge on any atom is -0.399 e. The van der Waals surface area contributed by atoms with Crippen molar-refractivity contribution in [3.05, 3.63) is 24.8 Å². The first-order valence-corrected chi connectivity index (χ1v) is 19.2. The van der Waals surface area contributed by atoms with Crippen molar-refractivity contribution in [1.82, 2.24) is 39.6 Å². The maximum Gasteiger partial charge on any atom is 0.498 e. The van der Waals surface area contributed by atoms with E-state index in [0.717, 1.165) is 35.8 Å². The van der Waals surface area contributed by atoms with Crippen LogP contribution in [0.3, 0.4) is 0 Å². The van der Waals surface area contributed by atoms with Crippen LogP contribution in [0, 0.1) is 0 Å². The normalized spacial score (nSPS) is 24.0. The molecule has 4 saturated heterocycles. The molecule has 0 spiro atoms. The number of piperazine rings is 2. The van der Waals surface area contributed by atoms with E-state index in [-0.39, 0.29) is 36.6 Å². The average Bonchev–Trinajstić information content (AvgIpc) is 3.81. The summed E-state index contributed by atoms with van der Waals surface area (Å²) in [6, 6.07) is 0. The van der Waals surface area contributed by atoms with Crippen molar-refractivity contribution < 1.29 is 18.6 Å². The molecule has 0 aliphatic carbocycles. The van der Waals surface area contributed by atoms with Gasteiger partial charge in [-0.1, -0.05) is 15.9 Å². The second kappa shape index (κ2) is 17.5. The van der Waals surface area contributed by atoms with Gasteiger partial charge < -0.3 is 38.2 Å². The number of likely N-dealkylation sites (N-methyl/N-ethyl adjacent to an activating group) is 2. The Morgan fingerprint density at radius 3 is 1.53 bits per heavy atom. The van der Waals surface area contributed by atoms with Gasteiger partial charge in [-0.2, -0.15) is 10.2 Å². The lowest BCUT2D eigenvalue weighted by molar-refractivity contribution is 0.00578. The summed E-state index contributed by atoms with van der Waals surface area (Å²) in [5.74, 6) is 0. The monoisotopic (exact) mass is 748 g/mol. The number of hydrogen-bond acceptors (Lipinski definition) is 10.